The first kappa shape index (κ1) is 133. The highest BCUT2D eigenvalue weighted by Gasteiger charge is 2.18. The third-order valence-corrected chi connectivity index (χ3v) is 24.2. The Morgan fingerprint density at radius 1 is 0.273 bits per heavy atom. The van der Waals surface area contributed by atoms with Gasteiger partial charge in [0.1, 0.15) is 90.4 Å². The standard InChI is InChI=1S/C18H22O3.C18H22O2.C16H25NO3.C16H24O3.C15H24O3.2C15H24O2.C14H21NO3/c1-2-7-17(19)15-10-6-11-16(12-15)21-13-18(20)14-8-4-3-5-9-14;1-2-3-8-15-9-7-12-17(13-15)20-14-18(19)16-10-5-4-6-11-16;1-4-7-15(18)13-8-5-9-14(12-13)20-11-6-10-16(19)17(2)3;1-3-7-16(18)13-8-5-10-15(12-13)19-11-6-9-14(17)4-2;1-4-6-14(16)12-7-5-8-13(9-12)18-10-15(17)11(2)3;1-4-5-7-13-8-6-9-14(10-13)17-11-15(16)12(2)3;1-2-3-8-14-9-7-10-15(13-14)17-12-6-4-5-11-16;1-2-5-13(16)11-6-3-7-12(10-11)18-9-4-8-14(15)17/h3-6,8-12,17-20H,2,7,13H2,1H3;4-7,9-13,18-19H,2-3,8,14H2,1H3;5,8-9,12,15,18H,4,6-7,10-11H2,1-3H3;5,8,10,12,16,18H,3-4,6-7,9,11H2,1-2H3;5,7-9,11,14-17H,4,6,10H2,1-3H3;6,8-10,12,15-16H,4-5,7,11H2,1-3H3;7,9-10,13,16H,2-6,8,11-12H2,1H3;3,6-7,10,13,16H,2,4-5,8-9H2,1H3,(H2,15,17). The first-order chi connectivity index (χ1) is 72.4. The van der Waals surface area contributed by atoms with Gasteiger partial charge in [0.2, 0.25) is 11.8 Å². The fourth-order valence-corrected chi connectivity index (χ4v) is 14.7. The van der Waals surface area contributed by atoms with Crippen molar-refractivity contribution in [2.24, 2.45) is 17.6 Å². The second kappa shape index (κ2) is 83.5. The number of hydrogen-bond acceptors (Lipinski definition) is 21. The smallest absolute Gasteiger partial charge is 0.222 e. The molecule has 2 amide bonds. The van der Waals surface area contributed by atoms with Crippen LogP contribution >= 0.6 is 0 Å². The predicted octanol–water partition coefficient (Wildman–Crippen LogP) is 26.3. The van der Waals surface area contributed by atoms with Gasteiger partial charge in [0, 0.05) is 46.4 Å². The molecule has 0 radical (unpaired) electrons. The second-order valence-electron chi connectivity index (χ2n) is 38.5. The van der Waals surface area contributed by atoms with Gasteiger partial charge in [0.15, 0.2) is 0 Å². The number of nitrogens with two attached hydrogens (primary N) is 1. The lowest BCUT2D eigenvalue weighted by atomic mass is 10.1. The van der Waals surface area contributed by atoms with Crippen LogP contribution in [0.25, 0.3) is 0 Å². The third kappa shape index (κ3) is 62.0. The van der Waals surface area contributed by atoms with Gasteiger partial charge in [-0.15, -0.1) is 0 Å². The minimum atomic E-state index is -0.657. The highest BCUT2D eigenvalue weighted by molar-refractivity contribution is 5.78. The number of aryl methyl sites for hydroxylation is 3. The number of hydrogen-bond donors (Lipinski definition) is 11. The normalized spacial score (nSPS) is 12.5. The van der Waals surface area contributed by atoms with Gasteiger partial charge in [-0.2, -0.15) is 0 Å². The van der Waals surface area contributed by atoms with E-state index in [4.69, 9.17) is 48.7 Å². The van der Waals surface area contributed by atoms with Crippen LogP contribution in [-0.4, -0.2) is 159 Å². The monoisotopic (exact) mass is 2080 g/mol. The summed E-state index contributed by atoms with van der Waals surface area (Å²) in [6.07, 6.45) is 21.7. The molecule has 10 aromatic carbocycles. The minimum Gasteiger partial charge on any atom is -0.494 e. The Bertz CT molecular complexity index is 5060. The zero-order valence-corrected chi connectivity index (χ0v) is 93.0. The van der Waals surface area contributed by atoms with E-state index in [-0.39, 0.29) is 55.9 Å². The van der Waals surface area contributed by atoms with Crippen LogP contribution in [0.3, 0.4) is 0 Å². The summed E-state index contributed by atoms with van der Waals surface area (Å²) in [4.78, 5) is 34.7. The Kier molecular flexibility index (Phi) is 74.0. The molecule has 0 fully saturated rings. The summed E-state index contributed by atoms with van der Waals surface area (Å²) in [7, 11) is 3.50. The lowest BCUT2D eigenvalue weighted by Crippen LogP contribution is -2.23. The summed E-state index contributed by atoms with van der Waals surface area (Å²) in [5, 5.41) is 97.8. The Balaban J connectivity index is 0.000000441. The van der Waals surface area contributed by atoms with Crippen LogP contribution in [0.5, 0.6) is 46.0 Å². The summed E-state index contributed by atoms with van der Waals surface area (Å²) < 4.78 is 44.9. The van der Waals surface area contributed by atoms with Gasteiger partial charge in [-0.05, 0) is 274 Å². The molecule has 10 rings (SSSR count). The van der Waals surface area contributed by atoms with E-state index >= 15 is 0 Å². The number of aliphatic hydroxyl groups excluding tert-OH is 10. The third-order valence-electron chi connectivity index (χ3n) is 24.2. The number of ether oxygens (including phenoxy) is 8. The SMILES string of the molecule is CCCC(O)c1cccc(OCC(O)C(C)C)c1.CCCC(O)c1cccc(OCC(O)c2ccccc2)c1.CCCC(O)c1cccc(OCCCC(=O)CC)c1.CCCC(O)c1cccc(OCCCC(=O)N(C)C)c1.CCCC(O)c1cccc(OCCCC(N)=O)c1.CCCCc1cccc(OCC(O)C(C)C)c1.CCCCc1cccc(OCC(O)c2ccccc2)c1.CCCCc1cccc(OCCCCCO)c1. The van der Waals surface area contributed by atoms with E-state index in [2.05, 4.69) is 63.2 Å². The van der Waals surface area contributed by atoms with Crippen molar-refractivity contribution in [2.75, 3.05) is 73.6 Å². The van der Waals surface area contributed by atoms with Crippen molar-refractivity contribution in [3.8, 4) is 46.0 Å². The number of carbonyl (C=O) groups excluding carboxylic acids is 3. The van der Waals surface area contributed by atoms with Crippen molar-refractivity contribution in [1.82, 2.24) is 4.90 Å². The van der Waals surface area contributed by atoms with Crippen molar-refractivity contribution in [2.45, 2.75) is 331 Å². The molecular weight excluding hydrogens is 1890 g/mol. The minimum absolute atomic E-state index is 0.112. The van der Waals surface area contributed by atoms with E-state index in [9.17, 15) is 60.3 Å². The van der Waals surface area contributed by atoms with E-state index in [1.54, 1.807) is 19.0 Å². The molecule has 0 aliphatic rings. The quantitative estimate of drug-likeness (QED) is 0.0158. The molecule has 0 saturated carbocycles. The molecule has 0 aliphatic heterocycles. The molecule has 0 aromatic heterocycles. The molecule has 12 N–H and O–H groups in total. The molecule has 0 bridgehead atoms. The van der Waals surface area contributed by atoms with E-state index in [0.29, 0.717) is 82.2 Å². The average Bonchev–Trinajstić information content (AvgIpc) is 0.873. The van der Waals surface area contributed by atoms with Gasteiger partial charge >= 0.3 is 0 Å². The second-order valence-corrected chi connectivity index (χ2v) is 38.5. The maximum atomic E-state index is 11.4. The van der Waals surface area contributed by atoms with E-state index in [1.165, 1.54) is 55.2 Å². The fourth-order valence-electron chi connectivity index (χ4n) is 14.7. The lowest BCUT2D eigenvalue weighted by molar-refractivity contribution is -0.129. The Hall–Kier alpha value is -11.2. The zero-order chi connectivity index (χ0) is 110. The molecule has 150 heavy (non-hydrogen) atoms. The van der Waals surface area contributed by atoms with Gasteiger partial charge in [0.25, 0.3) is 0 Å². The maximum absolute atomic E-state index is 11.4. The van der Waals surface area contributed by atoms with Crippen molar-refractivity contribution in [1.29, 1.82) is 0 Å². The highest BCUT2D eigenvalue weighted by atomic mass is 16.5. The van der Waals surface area contributed by atoms with Crippen LogP contribution < -0.4 is 43.6 Å². The Labute approximate surface area is 899 Å². The topological polar surface area (TPSA) is 357 Å². The maximum Gasteiger partial charge on any atom is 0.222 e. The average molecular weight is 2080 g/mol. The van der Waals surface area contributed by atoms with Gasteiger partial charge in [0.05, 0.1) is 69.2 Å². The van der Waals surface area contributed by atoms with Crippen LogP contribution in [0.1, 0.15) is 355 Å². The number of nitrogens with zero attached hydrogens (tertiary/aromatic N) is 1. The molecule has 0 aliphatic carbocycles. The Morgan fingerprint density at radius 3 is 0.807 bits per heavy atom. The van der Waals surface area contributed by atoms with Crippen molar-refractivity contribution >= 4 is 17.6 Å². The number of carbonyl (C=O) groups is 3. The molecule has 23 nitrogen and oxygen atoms in total. The van der Waals surface area contributed by atoms with Gasteiger partial charge < -0.3 is 99.6 Å². The van der Waals surface area contributed by atoms with Gasteiger partial charge in [-0.25, -0.2) is 0 Å². The number of rotatable bonds is 62. The number of primary amides is 1. The number of amides is 2. The summed E-state index contributed by atoms with van der Waals surface area (Å²) in [5.41, 5.74) is 15.1. The van der Waals surface area contributed by atoms with Gasteiger partial charge in [-0.3, -0.25) is 14.4 Å². The fraction of sp³-hybridized carbons (Fsp3) is 0.504. The van der Waals surface area contributed by atoms with Gasteiger partial charge in [-0.1, -0.05) is 299 Å². The molecule has 23 heteroatoms. The van der Waals surface area contributed by atoms with Crippen molar-refractivity contribution in [3.63, 3.8) is 0 Å². The molecular formula is C127H186N2O21. The highest BCUT2D eigenvalue weighted by Crippen LogP contribution is 2.31. The number of Topliss-reactive ketones (excluding diaryl/α,β-unsaturated/α-hetero) is 1. The molecule has 0 saturated heterocycles. The van der Waals surface area contributed by atoms with E-state index in [1.807, 2.05) is 282 Å². The Morgan fingerprint density at radius 2 is 0.533 bits per heavy atom. The zero-order valence-electron chi connectivity index (χ0n) is 93.0. The molecule has 0 spiro atoms. The summed E-state index contributed by atoms with van der Waals surface area (Å²) >= 11 is 0. The molecule has 830 valence electrons. The van der Waals surface area contributed by atoms with Crippen LogP contribution in [0, 0.1) is 11.8 Å². The number of unbranched alkanes of at least 4 members (excludes halogenated alkanes) is 5. The largest absolute Gasteiger partial charge is 0.494 e. The van der Waals surface area contributed by atoms with Crippen LogP contribution in [0.15, 0.2) is 255 Å². The summed E-state index contributed by atoms with van der Waals surface area (Å²) in [5.74, 6) is 6.73. The first-order valence-corrected chi connectivity index (χ1v) is 55.0. The van der Waals surface area contributed by atoms with E-state index < -0.39 is 54.9 Å². The lowest BCUT2D eigenvalue weighted by Gasteiger charge is -2.16. The summed E-state index contributed by atoms with van der Waals surface area (Å²) in [6, 6.07) is 81.1. The number of benzene rings is 10. The molecule has 9 atom stereocenters. The molecule has 0 heterocycles. The molecule has 9 unspecified atom stereocenters. The molecule has 10 aromatic rings. The first-order valence-electron chi connectivity index (χ1n) is 55.0. The predicted molar refractivity (Wildman–Crippen MR) is 607 cm³/mol. The van der Waals surface area contributed by atoms with E-state index in [0.717, 1.165) is 183 Å². The number of aliphatic hydroxyl groups is 10. The van der Waals surface area contributed by atoms with Crippen molar-refractivity contribution in [3.05, 3.63) is 310 Å². The number of ketones is 1. The van der Waals surface area contributed by atoms with Crippen LogP contribution in [-0.2, 0) is 33.6 Å². The van der Waals surface area contributed by atoms with Crippen molar-refractivity contribution < 1.29 is 103 Å². The van der Waals surface area contributed by atoms with Crippen LogP contribution in [0.2, 0.25) is 0 Å². The van der Waals surface area contributed by atoms with Crippen LogP contribution in [0.4, 0.5) is 0 Å². The summed E-state index contributed by atoms with van der Waals surface area (Å²) in [6.45, 7) is 30.2.